The predicted octanol–water partition coefficient (Wildman–Crippen LogP) is 4.82. The van der Waals surface area contributed by atoms with Crippen molar-refractivity contribution < 1.29 is 9.59 Å². The SMILES string of the molecule is CCc1cccc(CC)c1NC(=O)C(=O)Nc1c(C)cccc1C(C)C. The molecule has 0 fully saturated rings. The van der Waals surface area contributed by atoms with Gasteiger partial charge in [0.25, 0.3) is 0 Å². The Morgan fingerprint density at radius 2 is 1.35 bits per heavy atom. The van der Waals surface area contributed by atoms with E-state index in [-0.39, 0.29) is 5.92 Å². The maximum atomic E-state index is 12.5. The molecule has 0 aliphatic heterocycles. The summed E-state index contributed by atoms with van der Waals surface area (Å²) in [5.74, 6) is -1.03. The zero-order valence-electron chi connectivity index (χ0n) is 16.3. The van der Waals surface area contributed by atoms with E-state index in [4.69, 9.17) is 0 Å². The van der Waals surface area contributed by atoms with E-state index < -0.39 is 11.8 Å². The number of hydrogen-bond donors (Lipinski definition) is 2. The zero-order valence-corrected chi connectivity index (χ0v) is 16.3. The van der Waals surface area contributed by atoms with E-state index in [1.54, 1.807) is 0 Å². The van der Waals surface area contributed by atoms with E-state index >= 15 is 0 Å². The summed E-state index contributed by atoms with van der Waals surface area (Å²) in [7, 11) is 0. The molecule has 2 aromatic rings. The number of para-hydroxylation sites is 2. The van der Waals surface area contributed by atoms with Crippen molar-refractivity contribution in [1.29, 1.82) is 0 Å². The van der Waals surface area contributed by atoms with Crippen molar-refractivity contribution in [1.82, 2.24) is 0 Å². The Bertz CT molecular complexity index is 774. The number of amides is 2. The first-order chi connectivity index (χ1) is 12.4. The van der Waals surface area contributed by atoms with Crippen LogP contribution < -0.4 is 10.6 Å². The second kappa shape index (κ2) is 8.65. The molecule has 2 aromatic carbocycles. The number of carbonyl (C=O) groups is 2. The minimum atomic E-state index is -0.644. The Morgan fingerprint density at radius 3 is 1.85 bits per heavy atom. The van der Waals surface area contributed by atoms with Crippen molar-refractivity contribution in [3.63, 3.8) is 0 Å². The highest BCUT2D eigenvalue weighted by atomic mass is 16.2. The van der Waals surface area contributed by atoms with Crippen LogP contribution in [0, 0.1) is 6.92 Å². The highest BCUT2D eigenvalue weighted by molar-refractivity contribution is 6.44. The fourth-order valence-corrected chi connectivity index (χ4v) is 3.09. The summed E-state index contributed by atoms with van der Waals surface area (Å²) in [6, 6.07) is 11.8. The third kappa shape index (κ3) is 4.31. The summed E-state index contributed by atoms with van der Waals surface area (Å²) in [6.45, 7) is 10.1. The summed E-state index contributed by atoms with van der Waals surface area (Å²) < 4.78 is 0. The van der Waals surface area contributed by atoms with E-state index in [9.17, 15) is 9.59 Å². The fourth-order valence-electron chi connectivity index (χ4n) is 3.09. The molecule has 0 unspecified atom stereocenters. The Labute approximate surface area is 156 Å². The van der Waals surface area contributed by atoms with Crippen LogP contribution >= 0.6 is 0 Å². The smallest absolute Gasteiger partial charge is 0.314 e. The summed E-state index contributed by atoms with van der Waals surface area (Å²) in [5.41, 5.74) is 5.51. The molecule has 0 saturated heterocycles. The first-order valence-corrected chi connectivity index (χ1v) is 9.21. The molecule has 138 valence electrons. The second-order valence-electron chi connectivity index (χ2n) is 6.76. The van der Waals surface area contributed by atoms with Crippen LogP contribution in [0.3, 0.4) is 0 Å². The van der Waals surface area contributed by atoms with Gasteiger partial charge in [0.1, 0.15) is 0 Å². The number of carbonyl (C=O) groups excluding carboxylic acids is 2. The molecule has 0 aromatic heterocycles. The predicted molar refractivity (Wildman–Crippen MR) is 108 cm³/mol. The van der Waals surface area contributed by atoms with E-state index in [0.29, 0.717) is 0 Å². The van der Waals surface area contributed by atoms with Crippen LogP contribution in [0.1, 0.15) is 55.9 Å². The summed E-state index contributed by atoms with van der Waals surface area (Å²) in [6.07, 6.45) is 1.58. The van der Waals surface area contributed by atoms with Gasteiger partial charge >= 0.3 is 11.8 Å². The monoisotopic (exact) mass is 352 g/mol. The van der Waals surface area contributed by atoms with Crippen molar-refractivity contribution in [3.8, 4) is 0 Å². The van der Waals surface area contributed by atoms with Gasteiger partial charge in [-0.2, -0.15) is 0 Å². The molecule has 2 N–H and O–H groups in total. The molecule has 0 spiro atoms. The van der Waals surface area contributed by atoms with Crippen molar-refractivity contribution in [2.24, 2.45) is 0 Å². The molecule has 0 bridgehead atoms. The lowest BCUT2D eigenvalue weighted by atomic mass is 9.98. The van der Waals surface area contributed by atoms with Crippen molar-refractivity contribution >= 4 is 23.2 Å². The third-order valence-corrected chi connectivity index (χ3v) is 4.61. The second-order valence-corrected chi connectivity index (χ2v) is 6.76. The lowest BCUT2D eigenvalue weighted by Crippen LogP contribution is -2.30. The lowest BCUT2D eigenvalue weighted by molar-refractivity contribution is -0.133. The van der Waals surface area contributed by atoms with Crippen LogP contribution in [-0.2, 0) is 22.4 Å². The molecule has 0 heterocycles. The summed E-state index contributed by atoms with van der Waals surface area (Å²) >= 11 is 0. The third-order valence-electron chi connectivity index (χ3n) is 4.61. The first-order valence-electron chi connectivity index (χ1n) is 9.21. The minimum absolute atomic E-state index is 0.251. The van der Waals surface area contributed by atoms with Crippen LogP contribution in [-0.4, -0.2) is 11.8 Å². The molecular formula is C22H28N2O2. The Balaban J connectivity index is 2.24. The van der Waals surface area contributed by atoms with Gasteiger partial charge in [0.15, 0.2) is 0 Å². The van der Waals surface area contributed by atoms with Gasteiger partial charge in [0, 0.05) is 11.4 Å². The highest BCUT2D eigenvalue weighted by Gasteiger charge is 2.19. The molecular weight excluding hydrogens is 324 g/mol. The normalized spacial score (nSPS) is 10.7. The van der Waals surface area contributed by atoms with E-state index in [2.05, 4.69) is 24.5 Å². The van der Waals surface area contributed by atoms with Crippen molar-refractivity contribution in [2.45, 2.75) is 53.4 Å². The molecule has 26 heavy (non-hydrogen) atoms. The molecule has 0 saturated carbocycles. The average Bonchev–Trinajstić information content (AvgIpc) is 2.63. The minimum Gasteiger partial charge on any atom is -0.317 e. The van der Waals surface area contributed by atoms with Crippen LogP contribution in [0.5, 0.6) is 0 Å². The molecule has 0 radical (unpaired) electrons. The lowest BCUT2D eigenvalue weighted by Gasteiger charge is -2.17. The summed E-state index contributed by atoms with van der Waals surface area (Å²) in [4.78, 5) is 25.0. The molecule has 0 aliphatic carbocycles. The average molecular weight is 352 g/mol. The van der Waals surface area contributed by atoms with Gasteiger partial charge < -0.3 is 10.6 Å². The number of anilines is 2. The quantitative estimate of drug-likeness (QED) is 0.758. The molecule has 0 aliphatic rings. The first kappa shape index (κ1) is 19.7. The molecule has 2 rings (SSSR count). The van der Waals surface area contributed by atoms with Gasteiger partial charge in [-0.1, -0.05) is 64.1 Å². The van der Waals surface area contributed by atoms with Gasteiger partial charge in [-0.25, -0.2) is 0 Å². The van der Waals surface area contributed by atoms with Crippen LogP contribution in [0.4, 0.5) is 11.4 Å². The van der Waals surface area contributed by atoms with Crippen molar-refractivity contribution in [2.75, 3.05) is 10.6 Å². The van der Waals surface area contributed by atoms with Crippen LogP contribution in [0.15, 0.2) is 36.4 Å². The van der Waals surface area contributed by atoms with Gasteiger partial charge in [-0.05, 0) is 47.9 Å². The fraction of sp³-hybridized carbons (Fsp3) is 0.364. The number of nitrogens with one attached hydrogen (secondary N) is 2. The number of hydrogen-bond acceptors (Lipinski definition) is 2. The van der Waals surface area contributed by atoms with E-state index in [1.165, 1.54) is 0 Å². The Kier molecular flexibility index (Phi) is 6.56. The number of benzene rings is 2. The molecule has 4 nitrogen and oxygen atoms in total. The Morgan fingerprint density at radius 1 is 0.846 bits per heavy atom. The zero-order chi connectivity index (χ0) is 19.3. The highest BCUT2D eigenvalue weighted by Crippen LogP contribution is 2.27. The number of rotatable bonds is 5. The number of aryl methyl sites for hydroxylation is 3. The molecule has 0 atom stereocenters. The summed E-state index contributed by atoms with van der Waals surface area (Å²) in [5, 5.41) is 5.62. The molecule has 4 heteroatoms. The maximum absolute atomic E-state index is 12.5. The van der Waals surface area contributed by atoms with Crippen molar-refractivity contribution in [3.05, 3.63) is 58.7 Å². The van der Waals surface area contributed by atoms with Gasteiger partial charge in [0.2, 0.25) is 0 Å². The van der Waals surface area contributed by atoms with Gasteiger partial charge in [-0.15, -0.1) is 0 Å². The van der Waals surface area contributed by atoms with Crippen LogP contribution in [0.25, 0.3) is 0 Å². The standard InChI is InChI=1S/C22H28N2O2/c1-6-16-11-9-12-17(7-2)20(16)24-22(26)21(25)23-19-15(5)10-8-13-18(19)14(3)4/h8-14H,6-7H2,1-5H3,(H,23,25)(H,24,26). The molecule has 2 amide bonds. The van der Waals surface area contributed by atoms with Gasteiger partial charge in [0.05, 0.1) is 0 Å². The van der Waals surface area contributed by atoms with E-state index in [0.717, 1.165) is 46.5 Å². The van der Waals surface area contributed by atoms with Gasteiger partial charge in [-0.3, -0.25) is 9.59 Å². The van der Waals surface area contributed by atoms with E-state index in [1.807, 2.05) is 57.2 Å². The van der Waals surface area contributed by atoms with Crippen LogP contribution in [0.2, 0.25) is 0 Å². The largest absolute Gasteiger partial charge is 0.317 e. The maximum Gasteiger partial charge on any atom is 0.314 e. The Hall–Kier alpha value is -2.62. The topological polar surface area (TPSA) is 58.2 Å².